The zero-order valence-corrected chi connectivity index (χ0v) is 16.4. The minimum atomic E-state index is -0.833. The van der Waals surface area contributed by atoms with E-state index in [1.165, 1.54) is 12.1 Å². The van der Waals surface area contributed by atoms with E-state index in [0.29, 0.717) is 38.9 Å². The Morgan fingerprint density at radius 2 is 1.67 bits per heavy atom. The number of rotatable bonds is 2. The lowest BCUT2D eigenvalue weighted by molar-refractivity contribution is 0.256. The molecule has 0 aliphatic heterocycles. The fourth-order valence-corrected chi connectivity index (χ4v) is 3.08. The molecule has 9 heteroatoms. The molecule has 0 bridgehead atoms. The van der Waals surface area contributed by atoms with Gasteiger partial charge in [0.2, 0.25) is 0 Å². The molecule has 0 spiro atoms. The fourth-order valence-electron chi connectivity index (χ4n) is 2.91. The molecule has 8 N–H and O–H groups in total. The first-order valence-corrected chi connectivity index (χ1v) is 9.06. The number of anilines is 2. The highest BCUT2D eigenvalue weighted by Crippen LogP contribution is 2.36. The zero-order chi connectivity index (χ0) is 21.8. The van der Waals surface area contributed by atoms with E-state index in [-0.39, 0.29) is 0 Å². The summed E-state index contributed by atoms with van der Waals surface area (Å²) >= 11 is 6.04. The van der Waals surface area contributed by atoms with Crippen molar-refractivity contribution in [1.29, 1.82) is 0 Å². The largest absolute Gasteiger partial charge is 0.397 e. The van der Waals surface area contributed by atoms with Crippen LogP contribution in [0.5, 0.6) is 0 Å². The van der Waals surface area contributed by atoms with Gasteiger partial charge in [-0.1, -0.05) is 29.8 Å². The van der Waals surface area contributed by atoms with Crippen molar-refractivity contribution in [1.82, 2.24) is 9.97 Å². The van der Waals surface area contributed by atoms with Gasteiger partial charge in [0, 0.05) is 27.7 Å². The highest BCUT2D eigenvalue weighted by Gasteiger charge is 2.15. The molecule has 0 atom stereocenters. The third-order valence-electron chi connectivity index (χ3n) is 4.20. The number of nitrogens with zero attached hydrogens (tertiary/aromatic N) is 2. The molecule has 2 amide bonds. The maximum atomic E-state index is 14.4. The lowest BCUT2D eigenvalue weighted by Crippen LogP contribution is -2.18. The van der Waals surface area contributed by atoms with Crippen LogP contribution in [0, 0.1) is 5.82 Å². The molecule has 0 unspecified atom stereocenters. The van der Waals surface area contributed by atoms with Gasteiger partial charge in [0.05, 0.1) is 28.3 Å². The molecule has 0 saturated heterocycles. The number of aromatic nitrogens is 2. The van der Waals surface area contributed by atoms with Gasteiger partial charge in [-0.2, -0.15) is 0 Å². The predicted molar refractivity (Wildman–Crippen MR) is 118 cm³/mol. The second-order valence-electron chi connectivity index (χ2n) is 6.26. The van der Waals surface area contributed by atoms with Crippen molar-refractivity contribution in [2.45, 2.75) is 0 Å². The van der Waals surface area contributed by atoms with Crippen LogP contribution < -0.4 is 22.9 Å². The van der Waals surface area contributed by atoms with Gasteiger partial charge in [0.25, 0.3) is 0 Å². The van der Waals surface area contributed by atoms with Crippen molar-refractivity contribution in [3.63, 3.8) is 0 Å². The van der Waals surface area contributed by atoms with Crippen LogP contribution in [-0.2, 0) is 0 Å². The zero-order valence-electron chi connectivity index (χ0n) is 15.6. The molecule has 4 rings (SSSR count). The normalized spacial score (nSPS) is 10.3. The molecular weight excluding hydrogens is 407 g/mol. The van der Waals surface area contributed by atoms with Crippen molar-refractivity contribution in [3.8, 4) is 22.5 Å². The van der Waals surface area contributed by atoms with Crippen LogP contribution in [-0.4, -0.2) is 16.0 Å². The van der Waals surface area contributed by atoms with Crippen molar-refractivity contribution >= 4 is 39.9 Å². The maximum Gasteiger partial charge on any atom is 0.309 e. The lowest BCUT2D eigenvalue weighted by Gasteiger charge is -2.13. The Labute approximate surface area is 176 Å². The number of primary amides is 2. The van der Waals surface area contributed by atoms with Gasteiger partial charge in [-0.15, -0.1) is 0 Å². The van der Waals surface area contributed by atoms with Crippen molar-refractivity contribution in [2.24, 2.45) is 11.5 Å². The number of urea groups is 1. The SMILES string of the molecule is NC(N)=O.Nc1ccnc(-c2cc(-c3cc(Cl)ccc3F)nc3ccccc23)c1N. The van der Waals surface area contributed by atoms with Crippen LogP contribution in [0.25, 0.3) is 33.4 Å². The first-order chi connectivity index (χ1) is 14.3. The van der Waals surface area contributed by atoms with E-state index in [9.17, 15) is 4.39 Å². The average Bonchev–Trinajstić information content (AvgIpc) is 2.71. The second-order valence-corrected chi connectivity index (χ2v) is 6.70. The molecule has 4 aromatic rings. The molecule has 152 valence electrons. The van der Waals surface area contributed by atoms with E-state index in [1.807, 2.05) is 24.3 Å². The number of pyridine rings is 2. The third kappa shape index (κ3) is 4.39. The maximum absolute atomic E-state index is 14.4. The molecule has 2 aromatic heterocycles. The lowest BCUT2D eigenvalue weighted by atomic mass is 10.00. The number of benzene rings is 2. The summed E-state index contributed by atoms with van der Waals surface area (Å²) in [5.41, 5.74) is 24.1. The molecule has 2 heterocycles. The quantitative estimate of drug-likeness (QED) is 0.384. The Kier molecular flexibility index (Phi) is 5.98. The van der Waals surface area contributed by atoms with Gasteiger partial charge < -0.3 is 22.9 Å². The number of halogens is 2. The van der Waals surface area contributed by atoms with Crippen molar-refractivity contribution < 1.29 is 9.18 Å². The summed E-state index contributed by atoms with van der Waals surface area (Å²) < 4.78 is 14.4. The van der Waals surface area contributed by atoms with Gasteiger partial charge in [0.1, 0.15) is 5.82 Å². The van der Waals surface area contributed by atoms with Gasteiger partial charge >= 0.3 is 6.03 Å². The number of amides is 2. The third-order valence-corrected chi connectivity index (χ3v) is 4.43. The number of nitrogen functional groups attached to an aromatic ring is 2. The summed E-state index contributed by atoms with van der Waals surface area (Å²) in [6, 6.07) is 14.5. The van der Waals surface area contributed by atoms with Crippen LogP contribution in [0.4, 0.5) is 20.6 Å². The molecule has 7 nitrogen and oxygen atoms in total. The van der Waals surface area contributed by atoms with E-state index in [1.54, 1.807) is 24.4 Å². The number of para-hydroxylation sites is 1. The van der Waals surface area contributed by atoms with E-state index >= 15 is 0 Å². The summed E-state index contributed by atoms with van der Waals surface area (Å²) in [5.74, 6) is -0.406. The molecule has 0 aliphatic carbocycles. The molecule has 0 fully saturated rings. The van der Waals surface area contributed by atoms with Crippen LogP contribution in [0.1, 0.15) is 0 Å². The predicted octanol–water partition coefficient (Wildman–Crippen LogP) is 3.94. The Morgan fingerprint density at radius 1 is 0.967 bits per heavy atom. The van der Waals surface area contributed by atoms with Crippen LogP contribution in [0.2, 0.25) is 5.02 Å². The second kappa shape index (κ2) is 8.62. The first kappa shape index (κ1) is 20.8. The van der Waals surface area contributed by atoms with E-state index < -0.39 is 11.8 Å². The highest BCUT2D eigenvalue weighted by molar-refractivity contribution is 6.30. The van der Waals surface area contributed by atoms with Gasteiger partial charge in [-0.25, -0.2) is 14.2 Å². The Bertz CT molecular complexity index is 1240. The number of nitrogens with two attached hydrogens (primary N) is 4. The number of carbonyl (C=O) groups excluding carboxylic acids is 1. The number of hydrogen-bond acceptors (Lipinski definition) is 5. The average molecular weight is 425 g/mol. The summed E-state index contributed by atoms with van der Waals surface area (Å²) in [6.45, 7) is 0. The minimum Gasteiger partial charge on any atom is -0.397 e. The van der Waals surface area contributed by atoms with Crippen LogP contribution >= 0.6 is 11.6 Å². The van der Waals surface area contributed by atoms with Gasteiger partial charge in [-0.3, -0.25) is 4.98 Å². The summed E-state index contributed by atoms with van der Waals surface area (Å²) in [5, 5.41) is 1.28. The molecule has 0 aliphatic rings. The van der Waals surface area contributed by atoms with Gasteiger partial charge in [0.15, 0.2) is 0 Å². The molecule has 0 saturated carbocycles. The summed E-state index contributed by atoms with van der Waals surface area (Å²) in [6.07, 6.45) is 1.59. The van der Waals surface area contributed by atoms with Crippen molar-refractivity contribution in [3.05, 3.63) is 71.6 Å². The minimum absolute atomic E-state index is 0.312. The standard InChI is InChI=1S/C20H14ClFN4.CH4N2O/c21-11-5-6-15(22)14(9-11)18-10-13(12-3-1-2-4-17(12)26-18)20-19(24)16(23)7-8-25-20;2-1(3)4/h1-10H,24H2,(H2,23,25);(H4,2,3,4). The van der Waals surface area contributed by atoms with Crippen LogP contribution in [0.3, 0.4) is 0 Å². The molecule has 2 aromatic carbocycles. The van der Waals surface area contributed by atoms with Crippen LogP contribution in [0.15, 0.2) is 60.8 Å². The topological polar surface area (TPSA) is 147 Å². The summed E-state index contributed by atoms with van der Waals surface area (Å²) in [7, 11) is 0. The fraction of sp³-hybridized carbons (Fsp3) is 0. The monoisotopic (exact) mass is 424 g/mol. The van der Waals surface area contributed by atoms with Crippen molar-refractivity contribution in [2.75, 3.05) is 11.5 Å². The summed E-state index contributed by atoms with van der Waals surface area (Å²) in [4.78, 5) is 18.0. The Hall–Kier alpha value is -3.91. The highest BCUT2D eigenvalue weighted by atomic mass is 35.5. The van der Waals surface area contributed by atoms with Gasteiger partial charge in [-0.05, 0) is 36.4 Å². The molecular formula is C21H18ClFN6O. The number of fused-ring (bicyclic) bond motifs is 1. The van der Waals surface area contributed by atoms with E-state index in [0.717, 1.165) is 10.9 Å². The van der Waals surface area contributed by atoms with E-state index in [4.69, 9.17) is 27.9 Å². The number of hydrogen-bond donors (Lipinski definition) is 4. The number of carbonyl (C=O) groups is 1. The Balaban J connectivity index is 0.000000589. The smallest absolute Gasteiger partial charge is 0.309 e. The molecule has 0 radical (unpaired) electrons. The van der Waals surface area contributed by atoms with E-state index in [2.05, 4.69) is 21.4 Å². The first-order valence-electron chi connectivity index (χ1n) is 8.68. The molecule has 30 heavy (non-hydrogen) atoms. The Morgan fingerprint density at radius 3 is 2.40 bits per heavy atom.